The molecule has 1 aromatic carbocycles. The first kappa shape index (κ1) is 24.6. The monoisotopic (exact) mass is 460 g/mol. The van der Waals surface area contributed by atoms with Crippen LogP contribution in [0.4, 0.5) is 4.79 Å². The predicted octanol–water partition coefficient (Wildman–Crippen LogP) is 6.20. The molecule has 1 saturated carbocycles. The molecule has 0 radical (unpaired) electrons. The third-order valence-electron chi connectivity index (χ3n) is 6.73. The van der Waals surface area contributed by atoms with Gasteiger partial charge in [-0.1, -0.05) is 58.4 Å². The lowest BCUT2D eigenvalue weighted by Crippen LogP contribution is -2.55. The van der Waals surface area contributed by atoms with E-state index in [1.54, 1.807) is 11.8 Å². The van der Waals surface area contributed by atoms with Gasteiger partial charge in [-0.3, -0.25) is 4.79 Å². The van der Waals surface area contributed by atoms with Gasteiger partial charge in [0.2, 0.25) is 0 Å². The molecule has 0 spiro atoms. The van der Waals surface area contributed by atoms with Crippen LogP contribution in [0.2, 0.25) is 5.02 Å². The highest BCUT2D eigenvalue weighted by Gasteiger charge is 2.53. The number of nitrogens with one attached hydrogen (secondary N) is 1. The Morgan fingerprint density at radius 1 is 1.25 bits per heavy atom. The van der Waals surface area contributed by atoms with Gasteiger partial charge in [0.15, 0.2) is 0 Å². The number of carbonyl (C=O) groups is 2. The Hall–Kier alpha value is -2.01. The topological polar surface area (TPSA) is 58.6 Å². The molecule has 2 aliphatic rings. The number of hydrogen-bond donors (Lipinski definition) is 1. The fraction of sp³-hybridized carbons (Fsp3) is 0.615. The predicted molar refractivity (Wildman–Crippen MR) is 128 cm³/mol. The van der Waals surface area contributed by atoms with Crippen LogP contribution in [0.15, 0.2) is 30.0 Å². The van der Waals surface area contributed by atoms with Crippen molar-refractivity contribution < 1.29 is 14.3 Å². The highest BCUT2D eigenvalue weighted by atomic mass is 35.5. The number of nitrogens with zero attached hydrogens (tertiary/aromatic N) is 1. The van der Waals surface area contributed by atoms with E-state index >= 15 is 0 Å². The summed E-state index contributed by atoms with van der Waals surface area (Å²) in [6.07, 6.45) is 5.88. The van der Waals surface area contributed by atoms with Crippen molar-refractivity contribution in [3.05, 3.63) is 46.1 Å². The van der Waals surface area contributed by atoms with E-state index in [1.165, 1.54) is 0 Å². The number of urea groups is 1. The SMILES string of the molecule is CCOC(=O)CCN1C=C2C(C)(C)CCC2(c2ccc(CCC(C)(C)C)c(Cl)c2)NC1=O. The lowest BCUT2D eigenvalue weighted by Gasteiger charge is -2.42. The number of esters is 1. The zero-order valence-corrected chi connectivity index (χ0v) is 21.1. The summed E-state index contributed by atoms with van der Waals surface area (Å²) in [5.74, 6) is -0.293. The van der Waals surface area contributed by atoms with Crippen LogP contribution in [-0.4, -0.2) is 30.1 Å². The van der Waals surface area contributed by atoms with Crippen LogP contribution in [0, 0.1) is 10.8 Å². The largest absolute Gasteiger partial charge is 0.466 e. The van der Waals surface area contributed by atoms with Crippen LogP contribution >= 0.6 is 11.6 Å². The summed E-state index contributed by atoms with van der Waals surface area (Å²) in [6.45, 7) is 13.5. The van der Waals surface area contributed by atoms with Crippen LogP contribution in [0.1, 0.15) is 78.4 Å². The quantitative estimate of drug-likeness (QED) is 0.493. The van der Waals surface area contributed by atoms with Gasteiger partial charge in [0.05, 0.1) is 18.6 Å². The number of hydrogen-bond acceptors (Lipinski definition) is 3. The second kappa shape index (κ2) is 9.09. The highest BCUT2D eigenvalue weighted by molar-refractivity contribution is 6.31. The summed E-state index contributed by atoms with van der Waals surface area (Å²) in [5, 5.41) is 4.03. The zero-order valence-electron chi connectivity index (χ0n) is 20.3. The van der Waals surface area contributed by atoms with E-state index in [4.69, 9.17) is 16.3 Å². The molecule has 0 bridgehead atoms. The Labute approximate surface area is 197 Å². The molecule has 1 fully saturated rings. The van der Waals surface area contributed by atoms with Gasteiger partial charge in [0, 0.05) is 17.8 Å². The molecule has 0 saturated heterocycles. The number of halogens is 1. The maximum atomic E-state index is 13.0. The normalized spacial score (nSPS) is 22.3. The molecule has 3 rings (SSSR count). The number of aryl methyl sites for hydroxylation is 1. The first-order valence-corrected chi connectivity index (χ1v) is 12.0. The zero-order chi connectivity index (χ0) is 23.7. The molecule has 6 heteroatoms. The van der Waals surface area contributed by atoms with Crippen LogP contribution in [0.3, 0.4) is 0 Å². The number of fused-ring (bicyclic) bond motifs is 1. The summed E-state index contributed by atoms with van der Waals surface area (Å²) < 4.78 is 5.02. The van der Waals surface area contributed by atoms with E-state index in [2.05, 4.69) is 52.1 Å². The summed E-state index contributed by atoms with van der Waals surface area (Å²) in [7, 11) is 0. The fourth-order valence-corrected chi connectivity index (χ4v) is 5.01. The van der Waals surface area contributed by atoms with Gasteiger partial charge >= 0.3 is 12.0 Å². The Morgan fingerprint density at radius 3 is 2.59 bits per heavy atom. The van der Waals surface area contributed by atoms with Gasteiger partial charge in [-0.2, -0.15) is 0 Å². The Bertz CT molecular complexity index is 916. The van der Waals surface area contributed by atoms with E-state index in [0.29, 0.717) is 13.2 Å². The Kier molecular flexibility index (Phi) is 6.99. The maximum Gasteiger partial charge on any atom is 0.322 e. The third kappa shape index (κ3) is 5.14. The van der Waals surface area contributed by atoms with Crippen LogP contribution in [-0.2, 0) is 21.5 Å². The van der Waals surface area contributed by atoms with Crippen molar-refractivity contribution >= 4 is 23.6 Å². The number of carbonyl (C=O) groups excluding carboxylic acids is 2. The van der Waals surface area contributed by atoms with Crippen LogP contribution < -0.4 is 5.32 Å². The molecule has 1 heterocycles. The fourth-order valence-electron chi connectivity index (χ4n) is 4.74. The average molecular weight is 461 g/mol. The van der Waals surface area contributed by atoms with Gasteiger partial charge in [-0.15, -0.1) is 0 Å². The third-order valence-corrected chi connectivity index (χ3v) is 7.08. The van der Waals surface area contributed by atoms with Gasteiger partial charge in [-0.25, -0.2) is 4.79 Å². The van der Waals surface area contributed by atoms with Crippen molar-refractivity contribution in [1.29, 1.82) is 0 Å². The summed E-state index contributed by atoms with van der Waals surface area (Å²) in [4.78, 5) is 26.5. The molecule has 1 aliphatic carbocycles. The average Bonchev–Trinajstić information content (AvgIpc) is 2.96. The molecule has 2 amide bonds. The van der Waals surface area contributed by atoms with Crippen molar-refractivity contribution in [2.75, 3.05) is 13.2 Å². The minimum absolute atomic E-state index is 0.0761. The lowest BCUT2D eigenvalue weighted by atomic mass is 9.77. The smallest absolute Gasteiger partial charge is 0.322 e. The molecular weight excluding hydrogens is 424 g/mol. The van der Waals surface area contributed by atoms with Gasteiger partial charge in [0.1, 0.15) is 0 Å². The molecule has 1 N–H and O–H groups in total. The summed E-state index contributed by atoms with van der Waals surface area (Å²) >= 11 is 6.72. The second-order valence-electron chi connectivity index (χ2n) is 10.9. The van der Waals surface area contributed by atoms with E-state index in [-0.39, 0.29) is 29.3 Å². The number of amides is 2. The van der Waals surface area contributed by atoms with Crippen molar-refractivity contribution in [3.63, 3.8) is 0 Å². The molecule has 176 valence electrons. The Balaban J connectivity index is 1.90. The van der Waals surface area contributed by atoms with Crippen molar-refractivity contribution in [2.45, 2.75) is 79.2 Å². The number of ether oxygens (including phenoxy) is 1. The standard InChI is InChI=1S/C26H37ClN2O3/c1-7-32-22(30)11-15-29-17-21-25(5,6)13-14-26(21,28-23(29)31)19-9-8-18(20(27)16-19)10-12-24(2,3)4/h8-9,16-17H,7,10-15H2,1-6H3,(H,28,31). The van der Waals surface area contributed by atoms with Gasteiger partial charge in [0.25, 0.3) is 0 Å². The molecule has 0 aromatic heterocycles. The molecule has 5 nitrogen and oxygen atoms in total. The molecule has 1 aromatic rings. The van der Waals surface area contributed by atoms with Crippen molar-refractivity contribution in [1.82, 2.24) is 10.2 Å². The lowest BCUT2D eigenvalue weighted by molar-refractivity contribution is -0.143. The molecule has 1 unspecified atom stereocenters. The minimum Gasteiger partial charge on any atom is -0.466 e. The maximum absolute atomic E-state index is 13.0. The van der Waals surface area contributed by atoms with Crippen LogP contribution in [0.25, 0.3) is 0 Å². The minimum atomic E-state index is -0.562. The van der Waals surface area contributed by atoms with E-state index in [9.17, 15) is 9.59 Å². The number of rotatable bonds is 7. The first-order chi connectivity index (χ1) is 14.9. The highest BCUT2D eigenvalue weighted by Crippen LogP contribution is 2.55. The van der Waals surface area contributed by atoms with Crippen molar-refractivity contribution in [3.8, 4) is 0 Å². The molecular formula is C26H37ClN2O3. The van der Waals surface area contributed by atoms with Gasteiger partial charge < -0.3 is 15.0 Å². The number of benzene rings is 1. The van der Waals surface area contributed by atoms with E-state index < -0.39 is 5.54 Å². The second-order valence-corrected chi connectivity index (χ2v) is 11.3. The van der Waals surface area contributed by atoms with E-state index in [0.717, 1.165) is 47.4 Å². The first-order valence-electron chi connectivity index (χ1n) is 11.6. The summed E-state index contributed by atoms with van der Waals surface area (Å²) in [6, 6.07) is 6.07. The van der Waals surface area contributed by atoms with Gasteiger partial charge in [-0.05, 0) is 66.2 Å². The molecule has 32 heavy (non-hydrogen) atoms. The van der Waals surface area contributed by atoms with E-state index in [1.807, 2.05) is 12.3 Å². The molecule has 1 aliphatic heterocycles. The van der Waals surface area contributed by atoms with Crippen LogP contribution in [0.5, 0.6) is 0 Å². The molecule has 1 atom stereocenters. The Morgan fingerprint density at radius 2 is 1.97 bits per heavy atom. The van der Waals surface area contributed by atoms with Crippen molar-refractivity contribution in [2.24, 2.45) is 10.8 Å². The summed E-state index contributed by atoms with van der Waals surface area (Å²) in [5.41, 5.74) is 2.93.